The molecule has 4 heteroatoms. The second-order valence-corrected chi connectivity index (χ2v) is 3.15. The van der Waals surface area contributed by atoms with Crippen molar-refractivity contribution in [2.75, 3.05) is 19.8 Å². The Balaban J connectivity index is 3.41. The molecular formula is C5H10N2OS. The molecule has 0 spiro atoms. The van der Waals surface area contributed by atoms with Crippen LogP contribution in [0.25, 0.3) is 0 Å². The minimum Gasteiger partial charge on any atom is -0.243 e. The molecule has 1 atom stereocenters. The maximum atomic E-state index is 10.6. The Labute approximate surface area is 57.9 Å². The second kappa shape index (κ2) is 4.48. The van der Waals surface area contributed by atoms with E-state index in [9.17, 15) is 4.21 Å². The van der Waals surface area contributed by atoms with Crippen LogP contribution in [0.1, 0.15) is 6.42 Å². The van der Waals surface area contributed by atoms with Crippen LogP contribution in [0.15, 0.2) is 0 Å². The van der Waals surface area contributed by atoms with Gasteiger partial charge in [-0.05, 0) is 7.05 Å². The molecule has 0 N–H and O–H groups in total. The summed E-state index contributed by atoms with van der Waals surface area (Å²) in [6.07, 6.45) is 2.04. The smallest absolute Gasteiger partial charge is 0.0908 e. The van der Waals surface area contributed by atoms with Crippen molar-refractivity contribution in [3.8, 4) is 6.07 Å². The zero-order valence-corrected chi connectivity index (χ0v) is 6.44. The summed E-state index contributed by atoms with van der Waals surface area (Å²) in [6.45, 7) is 0.583. The number of hydrogen-bond donors (Lipinski definition) is 0. The van der Waals surface area contributed by atoms with Crippen LogP contribution in [-0.4, -0.2) is 28.4 Å². The lowest BCUT2D eigenvalue weighted by Gasteiger charge is -2.08. The van der Waals surface area contributed by atoms with Gasteiger partial charge < -0.3 is 0 Å². The molecule has 0 aliphatic heterocycles. The van der Waals surface area contributed by atoms with E-state index in [1.807, 2.05) is 6.07 Å². The van der Waals surface area contributed by atoms with E-state index in [1.165, 1.54) is 0 Å². The molecule has 0 aliphatic carbocycles. The van der Waals surface area contributed by atoms with Gasteiger partial charge in [-0.15, -0.1) is 0 Å². The van der Waals surface area contributed by atoms with Crippen LogP contribution in [0.2, 0.25) is 0 Å². The van der Waals surface area contributed by atoms with Crippen molar-refractivity contribution < 1.29 is 4.21 Å². The van der Waals surface area contributed by atoms with E-state index in [4.69, 9.17) is 5.26 Å². The molecule has 0 rings (SSSR count). The highest BCUT2D eigenvalue weighted by molar-refractivity contribution is 7.81. The molecule has 1 unspecified atom stereocenters. The molecule has 0 bridgehead atoms. The molecule has 9 heavy (non-hydrogen) atoms. The van der Waals surface area contributed by atoms with Crippen molar-refractivity contribution in [1.29, 1.82) is 5.26 Å². The standard InChI is InChI=1S/C5H10N2OS/c1-7(9(2)8)5-3-4-6/h3,5H2,1-2H3. The van der Waals surface area contributed by atoms with Crippen LogP contribution >= 0.6 is 0 Å². The molecule has 0 fully saturated rings. The Bertz CT molecular complexity index is 140. The third-order valence-electron chi connectivity index (χ3n) is 0.977. The summed E-state index contributed by atoms with van der Waals surface area (Å²) in [5.74, 6) is 0. The molecule has 0 heterocycles. The van der Waals surface area contributed by atoms with Gasteiger partial charge in [-0.2, -0.15) is 5.26 Å². The predicted octanol–water partition coefficient (Wildman–Crippen LogP) is 0.125. The van der Waals surface area contributed by atoms with Gasteiger partial charge in [0, 0.05) is 19.2 Å². The quantitative estimate of drug-likeness (QED) is 0.568. The minimum absolute atomic E-state index is 0.441. The summed E-state index contributed by atoms with van der Waals surface area (Å²) < 4.78 is 12.2. The Morgan fingerprint density at radius 3 is 2.67 bits per heavy atom. The molecule has 0 aromatic heterocycles. The molecule has 0 radical (unpaired) electrons. The maximum absolute atomic E-state index is 10.6. The third-order valence-corrected chi connectivity index (χ3v) is 2.04. The highest BCUT2D eigenvalue weighted by atomic mass is 32.2. The van der Waals surface area contributed by atoms with Crippen LogP contribution < -0.4 is 0 Å². The van der Waals surface area contributed by atoms with Gasteiger partial charge in [-0.1, -0.05) is 0 Å². The monoisotopic (exact) mass is 146 g/mol. The Morgan fingerprint density at radius 2 is 2.33 bits per heavy atom. The summed E-state index contributed by atoms with van der Waals surface area (Å²) >= 11 is 0. The Morgan fingerprint density at radius 1 is 1.78 bits per heavy atom. The van der Waals surface area contributed by atoms with Crippen LogP contribution in [0.4, 0.5) is 0 Å². The lowest BCUT2D eigenvalue weighted by molar-refractivity contribution is 0.536. The van der Waals surface area contributed by atoms with Crippen molar-refractivity contribution >= 4 is 11.0 Å². The Kier molecular flexibility index (Phi) is 4.28. The first-order chi connectivity index (χ1) is 4.18. The zero-order chi connectivity index (χ0) is 7.28. The van der Waals surface area contributed by atoms with Gasteiger partial charge in [-0.25, -0.2) is 8.51 Å². The Hall–Kier alpha value is -0.400. The van der Waals surface area contributed by atoms with E-state index < -0.39 is 11.0 Å². The SMILES string of the molecule is CN(CCC#N)S(C)=O. The van der Waals surface area contributed by atoms with Crippen LogP contribution in [0.3, 0.4) is 0 Å². The molecule has 52 valence electrons. The third kappa shape index (κ3) is 4.13. The summed E-state index contributed by atoms with van der Waals surface area (Å²) in [4.78, 5) is 0. The van der Waals surface area contributed by atoms with Crippen LogP contribution in [-0.2, 0) is 11.0 Å². The van der Waals surface area contributed by atoms with Crippen LogP contribution in [0, 0.1) is 11.3 Å². The summed E-state index contributed by atoms with van der Waals surface area (Å²) in [7, 11) is 0.800. The first-order valence-corrected chi connectivity index (χ1v) is 4.11. The average Bonchev–Trinajstić information content (AvgIpc) is 1.82. The van der Waals surface area contributed by atoms with Crippen molar-refractivity contribution in [3.63, 3.8) is 0 Å². The van der Waals surface area contributed by atoms with E-state index in [0.29, 0.717) is 13.0 Å². The summed E-state index contributed by atoms with van der Waals surface area (Å²) in [5.41, 5.74) is 0. The van der Waals surface area contributed by atoms with Crippen molar-refractivity contribution in [2.24, 2.45) is 0 Å². The first-order valence-electron chi connectivity index (χ1n) is 2.60. The topological polar surface area (TPSA) is 44.1 Å². The van der Waals surface area contributed by atoms with Crippen molar-refractivity contribution in [3.05, 3.63) is 0 Å². The molecule has 0 saturated heterocycles. The first kappa shape index (κ1) is 8.60. The van der Waals surface area contributed by atoms with E-state index in [0.717, 1.165) is 0 Å². The molecule has 0 aliphatic rings. The van der Waals surface area contributed by atoms with Gasteiger partial charge in [0.15, 0.2) is 0 Å². The highest BCUT2D eigenvalue weighted by Crippen LogP contribution is 1.87. The van der Waals surface area contributed by atoms with E-state index in [-0.39, 0.29) is 0 Å². The van der Waals surface area contributed by atoms with Gasteiger partial charge in [-0.3, -0.25) is 0 Å². The molecule has 0 amide bonds. The van der Waals surface area contributed by atoms with Gasteiger partial charge in [0.25, 0.3) is 0 Å². The van der Waals surface area contributed by atoms with E-state index in [2.05, 4.69) is 0 Å². The largest absolute Gasteiger partial charge is 0.243 e. The molecular weight excluding hydrogens is 136 g/mol. The molecule has 0 aromatic carbocycles. The highest BCUT2D eigenvalue weighted by Gasteiger charge is 1.98. The van der Waals surface area contributed by atoms with Gasteiger partial charge in [0.2, 0.25) is 0 Å². The number of nitrogens with zero attached hydrogens (tertiary/aromatic N) is 2. The fourth-order valence-corrected chi connectivity index (χ4v) is 0.684. The molecule has 0 aromatic rings. The van der Waals surface area contributed by atoms with Crippen molar-refractivity contribution in [2.45, 2.75) is 6.42 Å². The average molecular weight is 146 g/mol. The maximum Gasteiger partial charge on any atom is 0.0908 e. The fraction of sp³-hybridized carbons (Fsp3) is 0.800. The number of nitriles is 1. The summed E-state index contributed by atoms with van der Waals surface area (Å²) in [6, 6.07) is 1.98. The van der Waals surface area contributed by atoms with Gasteiger partial charge >= 0.3 is 0 Å². The normalized spacial score (nSPS) is 13.1. The second-order valence-electron chi connectivity index (χ2n) is 1.68. The molecule has 0 saturated carbocycles. The van der Waals surface area contributed by atoms with E-state index in [1.54, 1.807) is 17.6 Å². The van der Waals surface area contributed by atoms with Crippen molar-refractivity contribution in [1.82, 2.24) is 4.31 Å². The summed E-state index contributed by atoms with van der Waals surface area (Å²) in [5, 5.41) is 8.12. The zero-order valence-electron chi connectivity index (χ0n) is 5.63. The van der Waals surface area contributed by atoms with Gasteiger partial charge in [0.1, 0.15) is 0 Å². The number of hydrogen-bond acceptors (Lipinski definition) is 2. The lowest BCUT2D eigenvalue weighted by Crippen LogP contribution is -2.20. The lowest BCUT2D eigenvalue weighted by atomic mass is 10.5. The molecule has 3 nitrogen and oxygen atoms in total. The minimum atomic E-state index is -0.930. The fourth-order valence-electron chi connectivity index (χ4n) is 0.336. The number of rotatable bonds is 3. The van der Waals surface area contributed by atoms with Gasteiger partial charge in [0.05, 0.1) is 17.1 Å². The predicted molar refractivity (Wildman–Crippen MR) is 36.9 cm³/mol. The van der Waals surface area contributed by atoms with E-state index >= 15 is 0 Å². The van der Waals surface area contributed by atoms with Crippen LogP contribution in [0.5, 0.6) is 0 Å².